The van der Waals surface area contributed by atoms with E-state index in [-0.39, 0.29) is 0 Å². The fourth-order valence-electron chi connectivity index (χ4n) is 3.81. The first-order valence-corrected chi connectivity index (χ1v) is 12.1. The largest absolute Gasteiger partial charge is 0.489 e. The molecule has 5 rings (SSSR count). The van der Waals surface area contributed by atoms with Crippen molar-refractivity contribution in [3.63, 3.8) is 0 Å². The van der Waals surface area contributed by atoms with Gasteiger partial charge in [-0.3, -0.25) is 0 Å². The third kappa shape index (κ3) is 3.94. The highest BCUT2D eigenvalue weighted by Crippen LogP contribution is 2.56. The highest BCUT2D eigenvalue weighted by Gasteiger charge is 2.23. The maximum absolute atomic E-state index is 6.02. The average molecular weight is 508 g/mol. The second kappa shape index (κ2) is 8.25. The van der Waals surface area contributed by atoms with Gasteiger partial charge in [-0.1, -0.05) is 48.5 Å². The lowest BCUT2D eigenvalue weighted by molar-refractivity contribution is 0.306. The van der Waals surface area contributed by atoms with Gasteiger partial charge in [0, 0.05) is 3.57 Å². The maximum Gasteiger partial charge on any atom is 0.119 e. The molecule has 1 aliphatic heterocycles. The minimum Gasteiger partial charge on any atom is -0.489 e. The van der Waals surface area contributed by atoms with E-state index in [1.807, 2.05) is 0 Å². The van der Waals surface area contributed by atoms with Crippen LogP contribution in [0.4, 0.5) is 0 Å². The third-order valence-electron chi connectivity index (χ3n) is 5.26. The highest BCUT2D eigenvalue weighted by molar-refractivity contribution is 14.1. The molecule has 0 bridgehead atoms. The fourth-order valence-corrected chi connectivity index (χ4v) is 6.78. The molecule has 0 radical (unpaired) electrons. The van der Waals surface area contributed by atoms with Gasteiger partial charge in [-0.05, 0) is 109 Å². The molecule has 4 aromatic carbocycles. The van der Waals surface area contributed by atoms with Gasteiger partial charge in [0.2, 0.25) is 0 Å². The van der Waals surface area contributed by atoms with Crippen molar-refractivity contribution in [1.29, 1.82) is 0 Å². The van der Waals surface area contributed by atoms with E-state index < -0.39 is 10.9 Å². The van der Waals surface area contributed by atoms with Crippen molar-refractivity contribution in [2.45, 2.75) is 27.7 Å². The Kier molecular flexibility index (Phi) is 5.34. The standard InChI is InChI=1S/C26H21IOS/c27-22-11-9-19(10-12-22)18-28-23-13-15-24(16-14-23)29-25-7-3-1-5-20(25)17-21-6-2-4-8-26(21)29/h1-16,29H,17-18H2. The van der Waals surface area contributed by atoms with Gasteiger partial charge in [0.05, 0.1) is 0 Å². The Morgan fingerprint density at radius 2 is 1.28 bits per heavy atom. The zero-order chi connectivity index (χ0) is 19.6. The molecule has 1 aliphatic rings. The lowest BCUT2D eigenvalue weighted by Gasteiger charge is -2.32. The zero-order valence-electron chi connectivity index (χ0n) is 15.9. The molecule has 1 heterocycles. The smallest absolute Gasteiger partial charge is 0.119 e. The molecule has 0 saturated heterocycles. The van der Waals surface area contributed by atoms with Crippen LogP contribution in [0.2, 0.25) is 0 Å². The topological polar surface area (TPSA) is 9.23 Å². The number of benzene rings is 4. The monoisotopic (exact) mass is 508 g/mol. The molecule has 0 saturated carbocycles. The van der Waals surface area contributed by atoms with Gasteiger partial charge in [-0.25, -0.2) is 0 Å². The summed E-state index contributed by atoms with van der Waals surface area (Å²) in [5, 5.41) is 0. The predicted molar refractivity (Wildman–Crippen MR) is 129 cm³/mol. The van der Waals surface area contributed by atoms with E-state index in [4.69, 9.17) is 4.74 Å². The Morgan fingerprint density at radius 3 is 1.90 bits per heavy atom. The molecule has 0 atom stereocenters. The van der Waals surface area contributed by atoms with Crippen molar-refractivity contribution >= 4 is 33.5 Å². The summed E-state index contributed by atoms with van der Waals surface area (Å²) in [6.07, 6.45) is 1.03. The third-order valence-corrected chi connectivity index (χ3v) is 8.63. The number of ether oxygens (including phenoxy) is 1. The molecule has 0 unspecified atom stereocenters. The molecule has 0 spiro atoms. The summed E-state index contributed by atoms with van der Waals surface area (Å²) in [4.78, 5) is 4.34. The number of halogens is 1. The van der Waals surface area contributed by atoms with E-state index in [1.165, 1.54) is 34.9 Å². The minimum absolute atomic E-state index is 0.524. The van der Waals surface area contributed by atoms with Gasteiger partial charge < -0.3 is 4.74 Å². The fraction of sp³-hybridized carbons (Fsp3) is 0.0769. The Balaban J connectivity index is 1.42. The molecule has 0 aliphatic carbocycles. The molecule has 1 nitrogen and oxygen atoms in total. The minimum atomic E-state index is -0.524. The molecule has 3 heteroatoms. The van der Waals surface area contributed by atoms with Crippen LogP contribution in [0.3, 0.4) is 0 Å². The van der Waals surface area contributed by atoms with Crippen LogP contribution in [0.25, 0.3) is 0 Å². The quantitative estimate of drug-likeness (QED) is 0.199. The lowest BCUT2D eigenvalue weighted by atomic mass is 10.0. The SMILES string of the molecule is Ic1ccc(COc2ccc([SH]3c4ccccc4Cc4ccccc43)cc2)cc1. The van der Waals surface area contributed by atoms with Crippen LogP contribution in [-0.4, -0.2) is 0 Å². The van der Waals surface area contributed by atoms with Gasteiger partial charge in [0.25, 0.3) is 0 Å². The second-order valence-corrected chi connectivity index (χ2v) is 10.6. The Labute approximate surface area is 188 Å². The van der Waals surface area contributed by atoms with Gasteiger partial charge in [0.15, 0.2) is 0 Å². The van der Waals surface area contributed by atoms with Gasteiger partial charge in [0.1, 0.15) is 12.4 Å². The van der Waals surface area contributed by atoms with Crippen molar-refractivity contribution in [1.82, 2.24) is 0 Å². The van der Waals surface area contributed by atoms with E-state index in [0.717, 1.165) is 12.2 Å². The first-order valence-electron chi connectivity index (χ1n) is 9.71. The summed E-state index contributed by atoms with van der Waals surface area (Å²) in [6.45, 7) is 0.594. The number of rotatable bonds is 4. The normalized spacial score (nSPS) is 13.5. The van der Waals surface area contributed by atoms with Gasteiger partial charge >= 0.3 is 0 Å². The van der Waals surface area contributed by atoms with Crippen molar-refractivity contribution in [3.8, 4) is 5.75 Å². The molecule has 144 valence electrons. The summed E-state index contributed by atoms with van der Waals surface area (Å²) in [7, 11) is -0.524. The van der Waals surface area contributed by atoms with Crippen molar-refractivity contribution < 1.29 is 4.74 Å². The van der Waals surface area contributed by atoms with E-state index in [9.17, 15) is 0 Å². The number of hydrogen-bond acceptors (Lipinski definition) is 1. The van der Waals surface area contributed by atoms with Crippen LogP contribution >= 0.6 is 33.5 Å². The summed E-state index contributed by atoms with van der Waals surface area (Å²) in [6, 6.07) is 35.0. The number of hydrogen-bond donors (Lipinski definition) is 1. The first kappa shape index (κ1) is 18.8. The van der Waals surface area contributed by atoms with Gasteiger partial charge in [-0.2, -0.15) is 10.9 Å². The van der Waals surface area contributed by atoms with E-state index in [1.54, 1.807) is 0 Å². The van der Waals surface area contributed by atoms with Crippen LogP contribution in [0.1, 0.15) is 16.7 Å². The summed E-state index contributed by atoms with van der Waals surface area (Å²) >= 11 is 2.32. The molecule has 0 aromatic heterocycles. The number of thiol groups is 1. The average Bonchev–Trinajstić information content (AvgIpc) is 2.77. The van der Waals surface area contributed by atoms with Crippen LogP contribution < -0.4 is 4.74 Å². The lowest BCUT2D eigenvalue weighted by Crippen LogP contribution is -2.04. The highest BCUT2D eigenvalue weighted by atomic mass is 127. The second-order valence-electron chi connectivity index (χ2n) is 7.18. The zero-order valence-corrected chi connectivity index (χ0v) is 18.9. The van der Waals surface area contributed by atoms with E-state index in [0.29, 0.717) is 6.61 Å². The van der Waals surface area contributed by atoms with Crippen LogP contribution in [-0.2, 0) is 13.0 Å². The Hall–Kier alpha value is -2.24. The molecular weight excluding hydrogens is 487 g/mol. The molecule has 0 fully saturated rings. The number of fused-ring (bicyclic) bond motifs is 2. The Morgan fingerprint density at radius 1 is 0.690 bits per heavy atom. The predicted octanol–water partition coefficient (Wildman–Crippen LogP) is 7.25. The van der Waals surface area contributed by atoms with E-state index >= 15 is 0 Å². The first-order chi connectivity index (χ1) is 14.3. The van der Waals surface area contributed by atoms with Crippen molar-refractivity contribution in [3.05, 3.63) is 117 Å². The van der Waals surface area contributed by atoms with Crippen molar-refractivity contribution in [2.24, 2.45) is 0 Å². The molecule has 29 heavy (non-hydrogen) atoms. The molecular formula is C26H21IOS. The van der Waals surface area contributed by atoms with Crippen LogP contribution in [0.15, 0.2) is 112 Å². The molecule has 4 aromatic rings. The van der Waals surface area contributed by atoms with Crippen molar-refractivity contribution in [2.75, 3.05) is 0 Å². The van der Waals surface area contributed by atoms with Crippen LogP contribution in [0.5, 0.6) is 5.75 Å². The van der Waals surface area contributed by atoms with E-state index in [2.05, 4.69) is 120 Å². The summed E-state index contributed by atoms with van der Waals surface area (Å²) in [5.74, 6) is 0.917. The summed E-state index contributed by atoms with van der Waals surface area (Å²) < 4.78 is 7.26. The van der Waals surface area contributed by atoms with Crippen LogP contribution in [0, 0.1) is 3.57 Å². The molecule has 0 N–H and O–H groups in total. The summed E-state index contributed by atoms with van der Waals surface area (Å²) in [5.41, 5.74) is 4.10. The van der Waals surface area contributed by atoms with Gasteiger partial charge in [-0.15, -0.1) is 0 Å². The Bertz CT molecular complexity index is 1090. The maximum atomic E-state index is 6.02. The molecule has 0 amide bonds.